The van der Waals surface area contributed by atoms with Gasteiger partial charge >= 0.3 is 0 Å². The molecule has 1 unspecified atom stereocenters. The van der Waals surface area contributed by atoms with E-state index in [-0.39, 0.29) is 0 Å². The van der Waals surface area contributed by atoms with Gasteiger partial charge in [0.25, 0.3) is 0 Å². The Bertz CT molecular complexity index is 800. The van der Waals surface area contributed by atoms with E-state index < -0.39 is 0 Å². The molecule has 1 atom stereocenters. The highest BCUT2D eigenvalue weighted by Gasteiger charge is 2.07. The van der Waals surface area contributed by atoms with E-state index in [0.29, 0.717) is 5.92 Å². The Hall–Kier alpha value is -2.05. The van der Waals surface area contributed by atoms with Gasteiger partial charge in [0, 0.05) is 5.02 Å². The van der Waals surface area contributed by atoms with Crippen LogP contribution >= 0.6 is 11.6 Å². The third-order valence-electron chi connectivity index (χ3n) is 4.34. The molecule has 3 aromatic carbocycles. The van der Waals surface area contributed by atoms with Gasteiger partial charge in [-0.1, -0.05) is 79.2 Å². The molecule has 0 saturated heterocycles. The van der Waals surface area contributed by atoms with Gasteiger partial charge in [0.15, 0.2) is 0 Å². The van der Waals surface area contributed by atoms with Crippen molar-refractivity contribution >= 4 is 28.4 Å². The van der Waals surface area contributed by atoms with E-state index >= 15 is 0 Å². The minimum absolute atomic E-state index is 0.545. The average Bonchev–Trinajstić information content (AvgIpc) is 2.60. The summed E-state index contributed by atoms with van der Waals surface area (Å²) in [6.07, 6.45) is 6.69. The number of rotatable bonds is 5. The van der Waals surface area contributed by atoms with Gasteiger partial charge in [-0.05, 0) is 58.9 Å². The zero-order valence-corrected chi connectivity index (χ0v) is 14.1. The number of fused-ring (bicyclic) bond motifs is 1. The van der Waals surface area contributed by atoms with E-state index in [1.165, 1.54) is 21.9 Å². The summed E-state index contributed by atoms with van der Waals surface area (Å²) in [5.41, 5.74) is 2.62. The number of halogens is 1. The number of benzene rings is 3. The van der Waals surface area contributed by atoms with Crippen LogP contribution in [0.25, 0.3) is 16.8 Å². The molecular formula is C22H21Cl. The van der Waals surface area contributed by atoms with Crippen LogP contribution in [0.3, 0.4) is 0 Å². The Labute approximate surface area is 143 Å². The molecule has 0 N–H and O–H groups in total. The Morgan fingerprint density at radius 1 is 0.913 bits per heavy atom. The van der Waals surface area contributed by atoms with Crippen LogP contribution in [0.2, 0.25) is 5.02 Å². The fourth-order valence-corrected chi connectivity index (χ4v) is 3.08. The molecule has 23 heavy (non-hydrogen) atoms. The van der Waals surface area contributed by atoms with Crippen molar-refractivity contribution < 1.29 is 0 Å². The molecule has 0 amide bonds. The van der Waals surface area contributed by atoms with E-state index in [2.05, 4.69) is 73.7 Å². The molecular weight excluding hydrogens is 300 g/mol. The third kappa shape index (κ3) is 4.03. The van der Waals surface area contributed by atoms with Gasteiger partial charge in [-0.3, -0.25) is 0 Å². The molecule has 1 heteroatoms. The van der Waals surface area contributed by atoms with Crippen LogP contribution in [-0.4, -0.2) is 0 Å². The molecule has 0 bridgehead atoms. The lowest BCUT2D eigenvalue weighted by atomic mass is 9.93. The summed E-state index contributed by atoms with van der Waals surface area (Å²) in [7, 11) is 0. The summed E-state index contributed by atoms with van der Waals surface area (Å²) in [4.78, 5) is 0. The summed E-state index contributed by atoms with van der Waals surface area (Å²) in [6.45, 7) is 2.24. The van der Waals surface area contributed by atoms with Crippen molar-refractivity contribution in [3.8, 4) is 0 Å². The van der Waals surface area contributed by atoms with Crippen LogP contribution in [0.4, 0.5) is 0 Å². The van der Waals surface area contributed by atoms with Gasteiger partial charge in [0.1, 0.15) is 0 Å². The molecule has 0 nitrogen and oxygen atoms in total. The first-order valence-electron chi connectivity index (χ1n) is 8.17. The minimum Gasteiger partial charge on any atom is -0.0843 e. The van der Waals surface area contributed by atoms with Crippen LogP contribution in [0.15, 0.2) is 72.8 Å². The van der Waals surface area contributed by atoms with E-state index in [0.717, 1.165) is 17.9 Å². The molecule has 0 aliphatic heterocycles. The molecule has 116 valence electrons. The number of hydrogen-bond donors (Lipinski definition) is 0. The number of allylic oxidation sites excluding steroid dienone is 1. The Morgan fingerprint density at radius 3 is 2.39 bits per heavy atom. The van der Waals surface area contributed by atoms with Crippen molar-refractivity contribution in [3.63, 3.8) is 0 Å². The summed E-state index contributed by atoms with van der Waals surface area (Å²) in [5.74, 6) is 0.545. The summed E-state index contributed by atoms with van der Waals surface area (Å²) < 4.78 is 0. The zero-order valence-electron chi connectivity index (χ0n) is 13.4. The number of hydrogen-bond acceptors (Lipinski definition) is 0. The first-order valence-corrected chi connectivity index (χ1v) is 8.55. The Kier molecular flexibility index (Phi) is 5.15. The topological polar surface area (TPSA) is 0 Å². The van der Waals surface area contributed by atoms with Crippen LogP contribution < -0.4 is 0 Å². The summed E-state index contributed by atoms with van der Waals surface area (Å²) in [5, 5.41) is 3.38. The van der Waals surface area contributed by atoms with Crippen molar-refractivity contribution in [2.24, 2.45) is 0 Å². The van der Waals surface area contributed by atoms with Crippen LogP contribution in [-0.2, 0) is 0 Å². The van der Waals surface area contributed by atoms with E-state index in [9.17, 15) is 0 Å². The van der Waals surface area contributed by atoms with Crippen LogP contribution in [0, 0.1) is 0 Å². The lowest BCUT2D eigenvalue weighted by Gasteiger charge is -2.13. The molecule has 0 heterocycles. The first kappa shape index (κ1) is 15.8. The normalized spacial score (nSPS) is 12.8. The molecule has 0 radical (unpaired) electrons. The first-order chi connectivity index (χ1) is 11.3. The van der Waals surface area contributed by atoms with Crippen molar-refractivity contribution in [1.82, 2.24) is 0 Å². The largest absolute Gasteiger partial charge is 0.0843 e. The van der Waals surface area contributed by atoms with Crippen LogP contribution in [0.1, 0.15) is 36.8 Å². The second-order valence-electron chi connectivity index (χ2n) is 5.90. The molecule has 0 spiro atoms. The Morgan fingerprint density at radius 2 is 1.65 bits per heavy atom. The maximum absolute atomic E-state index is 5.98. The quantitative estimate of drug-likeness (QED) is 0.470. The van der Waals surface area contributed by atoms with E-state index in [4.69, 9.17) is 11.6 Å². The second-order valence-corrected chi connectivity index (χ2v) is 6.34. The summed E-state index contributed by atoms with van der Waals surface area (Å²) >= 11 is 5.98. The molecule has 0 aromatic heterocycles. The van der Waals surface area contributed by atoms with Gasteiger partial charge in [-0.15, -0.1) is 0 Å². The van der Waals surface area contributed by atoms with Crippen molar-refractivity contribution in [1.29, 1.82) is 0 Å². The average molecular weight is 321 g/mol. The standard InChI is InChI=1S/C22H21Cl/c1-2-18(20-12-14-22(23)15-13-20)9-5-6-17-10-11-19-7-3-4-8-21(19)16-17/h3-8,10-16,18H,2,9H2,1H3. The fourth-order valence-electron chi connectivity index (χ4n) is 2.95. The monoisotopic (exact) mass is 320 g/mol. The van der Waals surface area contributed by atoms with Crippen molar-refractivity contribution in [2.45, 2.75) is 25.7 Å². The van der Waals surface area contributed by atoms with E-state index in [1.807, 2.05) is 12.1 Å². The highest BCUT2D eigenvalue weighted by molar-refractivity contribution is 6.30. The van der Waals surface area contributed by atoms with Gasteiger partial charge in [-0.25, -0.2) is 0 Å². The second kappa shape index (κ2) is 7.48. The zero-order chi connectivity index (χ0) is 16.1. The fraction of sp³-hybridized carbons (Fsp3) is 0.182. The maximum atomic E-state index is 5.98. The predicted molar refractivity (Wildman–Crippen MR) is 102 cm³/mol. The van der Waals surface area contributed by atoms with Crippen LogP contribution in [0.5, 0.6) is 0 Å². The predicted octanol–water partition coefficient (Wildman–Crippen LogP) is 7.09. The molecule has 0 aliphatic carbocycles. The SMILES string of the molecule is CCC(CC=Cc1ccc2ccccc2c1)c1ccc(Cl)cc1. The van der Waals surface area contributed by atoms with Gasteiger partial charge < -0.3 is 0 Å². The molecule has 3 aromatic rings. The van der Waals surface area contributed by atoms with E-state index in [1.54, 1.807) is 0 Å². The third-order valence-corrected chi connectivity index (χ3v) is 4.59. The van der Waals surface area contributed by atoms with Gasteiger partial charge in [-0.2, -0.15) is 0 Å². The highest BCUT2D eigenvalue weighted by atomic mass is 35.5. The lowest BCUT2D eigenvalue weighted by molar-refractivity contribution is 0.676. The maximum Gasteiger partial charge on any atom is 0.0406 e. The molecule has 3 rings (SSSR count). The molecule has 0 aliphatic rings. The molecule has 0 fully saturated rings. The minimum atomic E-state index is 0.545. The lowest BCUT2D eigenvalue weighted by Crippen LogP contribution is -1.95. The smallest absolute Gasteiger partial charge is 0.0406 e. The van der Waals surface area contributed by atoms with Crippen molar-refractivity contribution in [2.75, 3.05) is 0 Å². The summed E-state index contributed by atoms with van der Waals surface area (Å²) in [6, 6.07) is 23.3. The Balaban J connectivity index is 1.71. The van der Waals surface area contributed by atoms with Crippen molar-refractivity contribution in [3.05, 3.63) is 89.0 Å². The molecule has 0 saturated carbocycles. The highest BCUT2D eigenvalue weighted by Crippen LogP contribution is 2.25. The van der Waals surface area contributed by atoms with Gasteiger partial charge in [0.2, 0.25) is 0 Å². The van der Waals surface area contributed by atoms with Gasteiger partial charge in [0.05, 0.1) is 0 Å².